The van der Waals surface area contributed by atoms with Crippen molar-refractivity contribution in [2.24, 2.45) is 0 Å². The third-order valence-electron chi connectivity index (χ3n) is 5.19. The third kappa shape index (κ3) is 4.12. The summed E-state index contributed by atoms with van der Waals surface area (Å²) >= 11 is 1.73. The lowest BCUT2D eigenvalue weighted by molar-refractivity contribution is 0.0792. The van der Waals surface area contributed by atoms with Crippen LogP contribution in [0.3, 0.4) is 0 Å². The topological polar surface area (TPSA) is 33.2 Å². The predicted octanol–water partition coefficient (Wildman–Crippen LogP) is 5.51. The molecule has 1 aromatic heterocycles. The molecule has 1 amide bonds. The summed E-state index contributed by atoms with van der Waals surface area (Å²) < 4.78 is 0. The Morgan fingerprint density at radius 2 is 1.68 bits per heavy atom. The molecule has 1 fully saturated rings. The zero-order chi connectivity index (χ0) is 19.3. The second kappa shape index (κ2) is 8.61. The van der Waals surface area contributed by atoms with Crippen molar-refractivity contribution in [2.75, 3.05) is 13.1 Å². The van der Waals surface area contributed by atoms with Gasteiger partial charge >= 0.3 is 0 Å². The van der Waals surface area contributed by atoms with Crippen LogP contribution in [0.5, 0.6) is 0 Å². The van der Waals surface area contributed by atoms with Crippen LogP contribution in [0.2, 0.25) is 0 Å². The Morgan fingerprint density at radius 3 is 2.36 bits per heavy atom. The van der Waals surface area contributed by atoms with E-state index < -0.39 is 0 Å². The van der Waals surface area contributed by atoms with Crippen LogP contribution in [0.4, 0.5) is 0 Å². The Kier molecular flexibility index (Phi) is 5.77. The minimum atomic E-state index is 0.0973. The van der Waals surface area contributed by atoms with Gasteiger partial charge in [-0.3, -0.25) is 4.79 Å². The molecule has 1 aliphatic heterocycles. The van der Waals surface area contributed by atoms with Crippen molar-refractivity contribution in [3.8, 4) is 0 Å². The molecular formula is C24H24N2OS. The summed E-state index contributed by atoms with van der Waals surface area (Å²) in [6, 6.07) is 22.9. The van der Waals surface area contributed by atoms with E-state index in [1.807, 2.05) is 23.1 Å². The maximum absolute atomic E-state index is 12.5. The first-order chi connectivity index (χ1) is 13.7. The number of aryl methyl sites for hydroxylation is 1. The van der Waals surface area contributed by atoms with Crippen molar-refractivity contribution in [3.05, 3.63) is 95.2 Å². The second-order valence-electron chi connectivity index (χ2n) is 7.15. The lowest BCUT2D eigenvalue weighted by Gasteiger charge is -2.20. The van der Waals surface area contributed by atoms with E-state index in [0.29, 0.717) is 5.56 Å². The Balaban J connectivity index is 1.59. The molecule has 2 aromatic carbocycles. The zero-order valence-corrected chi connectivity index (χ0v) is 16.9. The van der Waals surface area contributed by atoms with Crippen molar-refractivity contribution in [3.63, 3.8) is 0 Å². The molecule has 0 bridgehead atoms. The van der Waals surface area contributed by atoms with Gasteiger partial charge in [0.05, 0.1) is 15.8 Å². The first kappa shape index (κ1) is 18.8. The summed E-state index contributed by atoms with van der Waals surface area (Å²) in [6.45, 7) is 3.87. The molecule has 0 saturated carbocycles. The second-order valence-corrected chi connectivity index (χ2v) is 8.27. The highest BCUT2D eigenvalue weighted by Crippen LogP contribution is 2.40. The summed E-state index contributed by atoms with van der Waals surface area (Å²) in [5, 5.41) is 1.09. The van der Waals surface area contributed by atoms with Gasteiger partial charge in [0.25, 0.3) is 5.91 Å². The molecule has 4 heteroatoms. The third-order valence-corrected chi connectivity index (χ3v) is 6.43. The van der Waals surface area contributed by atoms with Gasteiger partial charge in [0.15, 0.2) is 0 Å². The molecule has 4 rings (SSSR count). The van der Waals surface area contributed by atoms with Gasteiger partial charge in [-0.25, -0.2) is 4.98 Å². The number of carbonyl (C=O) groups is 1. The first-order valence-electron chi connectivity index (χ1n) is 9.75. The number of benzene rings is 2. The van der Waals surface area contributed by atoms with Crippen LogP contribution >= 0.6 is 11.8 Å². The highest BCUT2D eigenvalue weighted by Gasteiger charge is 2.21. The average molecular weight is 389 g/mol. The summed E-state index contributed by atoms with van der Waals surface area (Å²) in [5.41, 5.74) is 4.49. The van der Waals surface area contributed by atoms with Gasteiger partial charge in [-0.05, 0) is 48.6 Å². The molecule has 1 unspecified atom stereocenters. The quantitative estimate of drug-likeness (QED) is 0.541. The van der Waals surface area contributed by atoms with Gasteiger partial charge in [0.1, 0.15) is 0 Å². The molecule has 28 heavy (non-hydrogen) atoms. The fourth-order valence-electron chi connectivity index (χ4n) is 3.62. The van der Waals surface area contributed by atoms with Crippen molar-refractivity contribution in [1.82, 2.24) is 9.88 Å². The monoisotopic (exact) mass is 388 g/mol. The van der Waals surface area contributed by atoms with Crippen molar-refractivity contribution >= 4 is 17.7 Å². The van der Waals surface area contributed by atoms with Crippen LogP contribution in [0, 0.1) is 6.92 Å². The fraction of sp³-hybridized carbons (Fsp3) is 0.250. The SMILES string of the molecule is Cc1ccccc1C(Sc1ccc(C(=O)N2CCCC2)cn1)c1ccccc1. The fourth-order valence-corrected chi connectivity index (χ4v) is 4.81. The van der Waals surface area contributed by atoms with Crippen molar-refractivity contribution in [1.29, 1.82) is 0 Å². The molecule has 0 aliphatic carbocycles. The number of carbonyl (C=O) groups excluding carboxylic acids is 1. The minimum absolute atomic E-state index is 0.0973. The van der Waals surface area contributed by atoms with E-state index in [1.54, 1.807) is 18.0 Å². The van der Waals surface area contributed by atoms with Crippen LogP contribution in [-0.4, -0.2) is 28.9 Å². The Labute approximate surface area is 170 Å². The minimum Gasteiger partial charge on any atom is -0.339 e. The number of hydrogen-bond acceptors (Lipinski definition) is 3. The smallest absolute Gasteiger partial charge is 0.255 e. The van der Waals surface area contributed by atoms with Gasteiger partial charge in [-0.2, -0.15) is 0 Å². The normalized spacial score (nSPS) is 14.8. The van der Waals surface area contributed by atoms with E-state index in [9.17, 15) is 4.79 Å². The molecule has 1 aliphatic rings. The van der Waals surface area contributed by atoms with Crippen LogP contribution in [0.1, 0.15) is 45.1 Å². The standard InChI is InChI=1S/C24H24N2OS/c1-18-9-5-6-12-21(18)23(19-10-3-2-4-11-19)28-22-14-13-20(17-25-22)24(27)26-15-7-8-16-26/h2-6,9-14,17,23H,7-8,15-16H2,1H3. The molecule has 1 saturated heterocycles. The van der Waals surface area contributed by atoms with Gasteiger partial charge in [-0.15, -0.1) is 0 Å². The maximum atomic E-state index is 12.5. The van der Waals surface area contributed by atoms with Crippen LogP contribution in [-0.2, 0) is 0 Å². The number of rotatable bonds is 5. The van der Waals surface area contributed by atoms with E-state index in [4.69, 9.17) is 0 Å². The number of pyridine rings is 1. The predicted molar refractivity (Wildman–Crippen MR) is 115 cm³/mol. The number of amides is 1. The Bertz CT molecular complexity index is 934. The molecule has 0 N–H and O–H groups in total. The molecule has 3 nitrogen and oxygen atoms in total. The number of thioether (sulfide) groups is 1. The largest absolute Gasteiger partial charge is 0.339 e. The van der Waals surface area contributed by atoms with Crippen LogP contribution in [0.15, 0.2) is 78.0 Å². The lowest BCUT2D eigenvalue weighted by Crippen LogP contribution is -2.27. The van der Waals surface area contributed by atoms with Gasteiger partial charge in [0, 0.05) is 19.3 Å². The van der Waals surface area contributed by atoms with Crippen LogP contribution in [0.25, 0.3) is 0 Å². The molecule has 142 valence electrons. The summed E-state index contributed by atoms with van der Waals surface area (Å²) in [5.74, 6) is 0.0973. The van der Waals surface area contributed by atoms with Crippen molar-refractivity contribution in [2.45, 2.75) is 30.0 Å². The summed E-state index contributed by atoms with van der Waals surface area (Å²) in [6.07, 6.45) is 3.92. The molecule has 2 heterocycles. The van der Waals surface area contributed by atoms with Gasteiger partial charge < -0.3 is 4.90 Å². The first-order valence-corrected chi connectivity index (χ1v) is 10.6. The number of nitrogens with zero attached hydrogens (tertiary/aromatic N) is 2. The van der Waals surface area contributed by atoms with E-state index in [2.05, 4.69) is 60.4 Å². The molecular weight excluding hydrogens is 364 g/mol. The zero-order valence-electron chi connectivity index (χ0n) is 16.0. The van der Waals surface area contributed by atoms with Crippen molar-refractivity contribution < 1.29 is 4.79 Å². The lowest BCUT2D eigenvalue weighted by atomic mass is 10.0. The maximum Gasteiger partial charge on any atom is 0.255 e. The summed E-state index contributed by atoms with van der Waals surface area (Å²) in [7, 11) is 0. The summed E-state index contributed by atoms with van der Waals surface area (Å²) in [4.78, 5) is 19.1. The molecule has 1 atom stereocenters. The van der Waals surface area contributed by atoms with E-state index in [0.717, 1.165) is 31.0 Å². The van der Waals surface area contributed by atoms with E-state index in [1.165, 1.54) is 16.7 Å². The van der Waals surface area contributed by atoms with E-state index in [-0.39, 0.29) is 11.2 Å². The van der Waals surface area contributed by atoms with E-state index >= 15 is 0 Å². The average Bonchev–Trinajstić information content (AvgIpc) is 3.28. The highest BCUT2D eigenvalue weighted by atomic mass is 32.2. The van der Waals surface area contributed by atoms with Gasteiger partial charge in [-0.1, -0.05) is 66.4 Å². The Morgan fingerprint density at radius 1 is 0.964 bits per heavy atom. The number of aromatic nitrogens is 1. The van der Waals surface area contributed by atoms with Gasteiger partial charge in [0.2, 0.25) is 0 Å². The Hall–Kier alpha value is -2.59. The van der Waals surface area contributed by atoms with Crippen LogP contribution < -0.4 is 0 Å². The number of hydrogen-bond donors (Lipinski definition) is 0. The molecule has 0 spiro atoms. The highest BCUT2D eigenvalue weighted by molar-refractivity contribution is 7.99. The molecule has 3 aromatic rings. The molecule has 0 radical (unpaired) electrons. The number of likely N-dealkylation sites (tertiary alicyclic amines) is 1.